The van der Waals surface area contributed by atoms with Crippen LogP contribution in [0.15, 0.2) is 18.2 Å². The van der Waals surface area contributed by atoms with Gasteiger partial charge in [-0.2, -0.15) is 0 Å². The van der Waals surface area contributed by atoms with Crippen molar-refractivity contribution >= 4 is 11.6 Å². The van der Waals surface area contributed by atoms with Gasteiger partial charge in [0, 0.05) is 13.1 Å². The fourth-order valence-electron chi connectivity index (χ4n) is 1.19. The van der Waals surface area contributed by atoms with Crippen molar-refractivity contribution in [2.24, 2.45) is 0 Å². The van der Waals surface area contributed by atoms with E-state index in [9.17, 15) is 5.11 Å². The average Bonchev–Trinajstić information content (AvgIpc) is 2.23. The number of aromatic nitrogens is 1. The predicted octanol–water partition coefficient (Wildman–Crippen LogP) is 2.09. The highest BCUT2D eigenvalue weighted by Crippen LogP contribution is 2.10. The van der Waals surface area contributed by atoms with E-state index in [-0.39, 0.29) is 0 Å². The van der Waals surface area contributed by atoms with Crippen LogP contribution in [0.5, 0.6) is 0 Å². The maximum absolute atomic E-state index is 9.58. The third kappa shape index (κ3) is 4.98. The van der Waals surface area contributed by atoms with Gasteiger partial charge in [0.05, 0.1) is 5.60 Å². The van der Waals surface area contributed by atoms with Crippen molar-refractivity contribution in [3.63, 3.8) is 0 Å². The first kappa shape index (κ1) is 12.8. The fourth-order valence-corrected chi connectivity index (χ4v) is 1.19. The zero-order valence-electron chi connectivity index (χ0n) is 10.2. The molecule has 16 heavy (non-hydrogen) atoms. The first-order valence-corrected chi connectivity index (χ1v) is 5.68. The number of aliphatic hydroxyl groups is 1. The van der Waals surface area contributed by atoms with Crippen LogP contribution in [0.1, 0.15) is 27.2 Å². The predicted molar refractivity (Wildman–Crippen MR) is 67.8 cm³/mol. The summed E-state index contributed by atoms with van der Waals surface area (Å²) in [6.07, 6.45) is 1.07. The largest absolute Gasteiger partial charge is 0.389 e. The van der Waals surface area contributed by atoms with E-state index < -0.39 is 5.60 Å². The van der Waals surface area contributed by atoms with Crippen molar-refractivity contribution in [2.45, 2.75) is 32.8 Å². The summed E-state index contributed by atoms with van der Waals surface area (Å²) >= 11 is 0. The molecule has 0 aromatic carbocycles. The average molecular weight is 223 g/mol. The highest BCUT2D eigenvalue weighted by Gasteiger charge is 2.11. The Morgan fingerprint density at radius 3 is 2.44 bits per heavy atom. The Morgan fingerprint density at radius 2 is 1.88 bits per heavy atom. The quantitative estimate of drug-likeness (QED) is 0.691. The molecule has 0 amide bonds. The molecule has 1 aromatic rings. The fraction of sp³-hybridized carbons (Fsp3) is 0.583. The molecule has 1 heterocycles. The normalized spacial score (nSPS) is 11.2. The SMILES string of the molecule is CCCNc1cccc(NCC(C)(C)O)n1. The Morgan fingerprint density at radius 1 is 1.25 bits per heavy atom. The van der Waals surface area contributed by atoms with E-state index in [4.69, 9.17) is 0 Å². The van der Waals surface area contributed by atoms with Crippen molar-refractivity contribution in [2.75, 3.05) is 23.7 Å². The lowest BCUT2D eigenvalue weighted by atomic mass is 10.1. The summed E-state index contributed by atoms with van der Waals surface area (Å²) in [4.78, 5) is 4.38. The standard InChI is InChI=1S/C12H21N3O/c1-4-8-13-10-6-5-7-11(15-10)14-9-12(2,3)16/h5-7,16H,4,8-9H2,1-3H3,(H2,13,14,15). The molecule has 0 fully saturated rings. The van der Waals surface area contributed by atoms with Gasteiger partial charge >= 0.3 is 0 Å². The van der Waals surface area contributed by atoms with E-state index in [1.807, 2.05) is 18.2 Å². The molecule has 1 rings (SSSR count). The van der Waals surface area contributed by atoms with E-state index in [1.165, 1.54) is 0 Å². The molecule has 0 unspecified atom stereocenters. The molecule has 0 saturated heterocycles. The minimum absolute atomic E-state index is 0.483. The lowest BCUT2D eigenvalue weighted by Crippen LogP contribution is -2.29. The molecule has 0 bridgehead atoms. The van der Waals surface area contributed by atoms with Crippen LogP contribution in [-0.4, -0.2) is 28.8 Å². The second-order valence-electron chi connectivity index (χ2n) is 4.50. The zero-order chi connectivity index (χ0) is 12.0. The summed E-state index contributed by atoms with van der Waals surface area (Å²) < 4.78 is 0. The summed E-state index contributed by atoms with van der Waals surface area (Å²) in [6, 6.07) is 5.77. The number of nitrogens with one attached hydrogen (secondary N) is 2. The highest BCUT2D eigenvalue weighted by atomic mass is 16.3. The first-order chi connectivity index (χ1) is 7.51. The lowest BCUT2D eigenvalue weighted by molar-refractivity contribution is 0.0944. The Balaban J connectivity index is 2.53. The number of pyridine rings is 1. The van der Waals surface area contributed by atoms with E-state index in [1.54, 1.807) is 13.8 Å². The van der Waals surface area contributed by atoms with Crippen LogP contribution in [0, 0.1) is 0 Å². The molecular weight excluding hydrogens is 202 g/mol. The Kier molecular flexibility index (Phi) is 4.55. The van der Waals surface area contributed by atoms with E-state index in [2.05, 4.69) is 22.5 Å². The first-order valence-electron chi connectivity index (χ1n) is 5.68. The van der Waals surface area contributed by atoms with Crippen molar-refractivity contribution in [1.82, 2.24) is 4.98 Å². The smallest absolute Gasteiger partial charge is 0.128 e. The van der Waals surface area contributed by atoms with Gasteiger partial charge in [-0.05, 0) is 32.4 Å². The Hall–Kier alpha value is -1.29. The summed E-state index contributed by atoms with van der Waals surface area (Å²) in [5, 5.41) is 15.9. The summed E-state index contributed by atoms with van der Waals surface area (Å²) in [6.45, 7) is 7.04. The molecule has 90 valence electrons. The molecule has 0 aliphatic heterocycles. The number of rotatable bonds is 6. The van der Waals surface area contributed by atoms with Crippen LogP contribution in [0.2, 0.25) is 0 Å². The number of nitrogens with zero attached hydrogens (tertiary/aromatic N) is 1. The van der Waals surface area contributed by atoms with Crippen LogP contribution in [0.25, 0.3) is 0 Å². The number of hydrogen-bond acceptors (Lipinski definition) is 4. The van der Waals surface area contributed by atoms with Crippen molar-refractivity contribution < 1.29 is 5.11 Å². The monoisotopic (exact) mass is 223 g/mol. The van der Waals surface area contributed by atoms with Crippen LogP contribution < -0.4 is 10.6 Å². The maximum atomic E-state index is 9.58. The number of hydrogen-bond donors (Lipinski definition) is 3. The third-order valence-electron chi connectivity index (χ3n) is 2.01. The molecule has 0 aliphatic rings. The second kappa shape index (κ2) is 5.70. The van der Waals surface area contributed by atoms with Gasteiger partial charge in [0.15, 0.2) is 0 Å². The van der Waals surface area contributed by atoms with E-state index in [0.29, 0.717) is 6.54 Å². The maximum Gasteiger partial charge on any atom is 0.128 e. The van der Waals surface area contributed by atoms with Crippen molar-refractivity contribution in [3.05, 3.63) is 18.2 Å². The van der Waals surface area contributed by atoms with Gasteiger partial charge < -0.3 is 15.7 Å². The molecule has 1 aromatic heterocycles. The van der Waals surface area contributed by atoms with Gasteiger partial charge in [-0.25, -0.2) is 4.98 Å². The van der Waals surface area contributed by atoms with Crippen LogP contribution >= 0.6 is 0 Å². The van der Waals surface area contributed by atoms with Crippen molar-refractivity contribution in [3.8, 4) is 0 Å². The molecule has 4 heteroatoms. The van der Waals surface area contributed by atoms with Gasteiger partial charge in [-0.3, -0.25) is 0 Å². The Bertz CT molecular complexity index is 320. The highest BCUT2D eigenvalue weighted by molar-refractivity contribution is 5.45. The van der Waals surface area contributed by atoms with Crippen LogP contribution in [-0.2, 0) is 0 Å². The molecule has 0 radical (unpaired) electrons. The van der Waals surface area contributed by atoms with E-state index in [0.717, 1.165) is 24.6 Å². The number of anilines is 2. The second-order valence-corrected chi connectivity index (χ2v) is 4.50. The molecule has 0 spiro atoms. The molecule has 3 N–H and O–H groups in total. The van der Waals surface area contributed by atoms with Gasteiger partial charge in [-0.15, -0.1) is 0 Å². The molecular formula is C12H21N3O. The summed E-state index contributed by atoms with van der Waals surface area (Å²) in [7, 11) is 0. The molecule has 0 saturated carbocycles. The third-order valence-corrected chi connectivity index (χ3v) is 2.01. The van der Waals surface area contributed by atoms with Crippen LogP contribution in [0.4, 0.5) is 11.6 Å². The van der Waals surface area contributed by atoms with E-state index >= 15 is 0 Å². The Labute approximate surface area is 97.1 Å². The zero-order valence-corrected chi connectivity index (χ0v) is 10.2. The van der Waals surface area contributed by atoms with Crippen molar-refractivity contribution in [1.29, 1.82) is 0 Å². The molecule has 4 nitrogen and oxygen atoms in total. The van der Waals surface area contributed by atoms with Gasteiger partial charge in [0.2, 0.25) is 0 Å². The molecule has 0 atom stereocenters. The van der Waals surface area contributed by atoms with Gasteiger partial charge in [0.1, 0.15) is 11.6 Å². The minimum atomic E-state index is -0.728. The molecule has 0 aliphatic carbocycles. The summed E-state index contributed by atoms with van der Waals surface area (Å²) in [5.74, 6) is 1.64. The lowest BCUT2D eigenvalue weighted by Gasteiger charge is -2.18. The topological polar surface area (TPSA) is 57.2 Å². The summed E-state index contributed by atoms with van der Waals surface area (Å²) in [5.41, 5.74) is -0.728. The van der Waals surface area contributed by atoms with Gasteiger partial charge in [0.25, 0.3) is 0 Å². The van der Waals surface area contributed by atoms with Gasteiger partial charge in [-0.1, -0.05) is 13.0 Å². The van der Waals surface area contributed by atoms with Crippen LogP contribution in [0.3, 0.4) is 0 Å². The minimum Gasteiger partial charge on any atom is -0.389 e.